The van der Waals surface area contributed by atoms with E-state index in [4.69, 9.17) is 11.6 Å². The Balaban J connectivity index is 2.15. The Labute approximate surface area is 134 Å². The number of carbonyl (C=O) groups is 1. The minimum absolute atomic E-state index is 0.296. The summed E-state index contributed by atoms with van der Waals surface area (Å²) in [4.78, 5) is 12.1. The van der Waals surface area contributed by atoms with E-state index in [0.717, 1.165) is 10.6 Å². The van der Waals surface area contributed by atoms with Crippen molar-refractivity contribution in [2.75, 3.05) is 22.9 Å². The van der Waals surface area contributed by atoms with E-state index in [-0.39, 0.29) is 5.91 Å². The maximum atomic E-state index is 12.1. The van der Waals surface area contributed by atoms with Crippen molar-refractivity contribution >= 4 is 38.9 Å². The van der Waals surface area contributed by atoms with Crippen LogP contribution in [0.2, 0.25) is 5.02 Å². The lowest BCUT2D eigenvalue weighted by Crippen LogP contribution is -2.24. The molecule has 1 N–H and O–H groups in total. The molecule has 0 radical (unpaired) electrons. The number of halogens is 1. The summed E-state index contributed by atoms with van der Waals surface area (Å²) in [6.45, 7) is 0. The summed E-state index contributed by atoms with van der Waals surface area (Å²) in [5, 5.41) is 3.25. The van der Waals surface area contributed by atoms with Gasteiger partial charge in [0.05, 0.1) is 11.9 Å². The molecule has 7 heteroatoms. The fourth-order valence-corrected chi connectivity index (χ4v) is 2.48. The number of rotatable bonds is 4. The highest BCUT2D eigenvalue weighted by molar-refractivity contribution is 7.92. The second-order valence-corrected chi connectivity index (χ2v) is 7.19. The van der Waals surface area contributed by atoms with Crippen molar-refractivity contribution in [1.29, 1.82) is 0 Å². The SMILES string of the molecule is CN(c1ccc(C(=O)Nc2cccc(Cl)c2)cc1)S(C)(=O)=O. The molecule has 0 saturated carbocycles. The molecule has 2 aromatic carbocycles. The molecule has 1 amide bonds. The maximum Gasteiger partial charge on any atom is 0.255 e. The first-order chi connectivity index (χ1) is 10.3. The number of hydrogen-bond acceptors (Lipinski definition) is 3. The Morgan fingerprint density at radius 2 is 1.77 bits per heavy atom. The molecule has 116 valence electrons. The number of carbonyl (C=O) groups excluding carboxylic acids is 1. The van der Waals surface area contributed by atoms with Crippen molar-refractivity contribution in [3.63, 3.8) is 0 Å². The molecule has 0 spiro atoms. The van der Waals surface area contributed by atoms with E-state index >= 15 is 0 Å². The van der Waals surface area contributed by atoms with Crippen LogP contribution in [-0.2, 0) is 10.0 Å². The molecule has 0 aliphatic rings. The topological polar surface area (TPSA) is 66.5 Å². The Hall–Kier alpha value is -2.05. The number of nitrogens with one attached hydrogen (secondary N) is 1. The van der Waals surface area contributed by atoms with Gasteiger partial charge in [-0.05, 0) is 42.5 Å². The fraction of sp³-hybridized carbons (Fsp3) is 0.133. The third-order valence-electron chi connectivity index (χ3n) is 3.07. The highest BCUT2D eigenvalue weighted by atomic mass is 35.5. The molecular weight excluding hydrogens is 324 g/mol. The van der Waals surface area contributed by atoms with Gasteiger partial charge in [0, 0.05) is 23.3 Å². The Bertz CT molecular complexity index is 789. The smallest absolute Gasteiger partial charge is 0.255 e. The zero-order valence-corrected chi connectivity index (χ0v) is 13.6. The molecule has 0 atom stereocenters. The van der Waals surface area contributed by atoms with Crippen LogP contribution in [0, 0.1) is 0 Å². The lowest BCUT2D eigenvalue weighted by Gasteiger charge is -2.16. The number of benzene rings is 2. The van der Waals surface area contributed by atoms with Crippen LogP contribution in [0.5, 0.6) is 0 Å². The average molecular weight is 339 g/mol. The molecule has 0 unspecified atom stereocenters. The predicted molar refractivity (Wildman–Crippen MR) is 89.1 cm³/mol. The first kappa shape index (κ1) is 16.3. The van der Waals surface area contributed by atoms with E-state index in [0.29, 0.717) is 22.0 Å². The van der Waals surface area contributed by atoms with Crippen molar-refractivity contribution in [1.82, 2.24) is 0 Å². The lowest BCUT2D eigenvalue weighted by atomic mass is 10.2. The zero-order valence-electron chi connectivity index (χ0n) is 12.1. The summed E-state index contributed by atoms with van der Waals surface area (Å²) >= 11 is 5.86. The third-order valence-corrected chi connectivity index (χ3v) is 4.51. The van der Waals surface area contributed by atoms with Crippen molar-refractivity contribution in [3.05, 3.63) is 59.1 Å². The number of sulfonamides is 1. The van der Waals surface area contributed by atoms with Crippen molar-refractivity contribution in [2.45, 2.75) is 0 Å². The molecule has 0 aliphatic heterocycles. The minimum Gasteiger partial charge on any atom is -0.322 e. The van der Waals surface area contributed by atoms with Gasteiger partial charge in [-0.25, -0.2) is 8.42 Å². The zero-order chi connectivity index (χ0) is 16.3. The highest BCUT2D eigenvalue weighted by Gasteiger charge is 2.13. The molecular formula is C15H15ClN2O3S. The predicted octanol–water partition coefficient (Wildman–Crippen LogP) is 2.99. The third kappa shape index (κ3) is 3.99. The Morgan fingerprint density at radius 3 is 2.32 bits per heavy atom. The quantitative estimate of drug-likeness (QED) is 0.932. The summed E-state index contributed by atoms with van der Waals surface area (Å²) < 4.78 is 24.1. The molecule has 0 fully saturated rings. The van der Waals surface area contributed by atoms with Gasteiger partial charge < -0.3 is 5.32 Å². The summed E-state index contributed by atoms with van der Waals surface area (Å²) in [5.41, 5.74) is 1.50. The van der Waals surface area contributed by atoms with E-state index in [1.165, 1.54) is 7.05 Å². The van der Waals surface area contributed by atoms with Gasteiger partial charge in [0.2, 0.25) is 10.0 Å². The fourth-order valence-electron chi connectivity index (χ4n) is 1.78. The highest BCUT2D eigenvalue weighted by Crippen LogP contribution is 2.18. The first-order valence-electron chi connectivity index (χ1n) is 6.38. The van der Waals surface area contributed by atoms with Crippen LogP contribution < -0.4 is 9.62 Å². The molecule has 0 saturated heterocycles. The van der Waals surface area contributed by atoms with E-state index < -0.39 is 10.0 Å². The van der Waals surface area contributed by atoms with Crippen LogP contribution in [0.4, 0.5) is 11.4 Å². The van der Waals surface area contributed by atoms with Crippen molar-refractivity contribution < 1.29 is 13.2 Å². The first-order valence-corrected chi connectivity index (χ1v) is 8.61. The van der Waals surface area contributed by atoms with Gasteiger partial charge in [-0.15, -0.1) is 0 Å². The van der Waals surface area contributed by atoms with Gasteiger partial charge in [0.15, 0.2) is 0 Å². The normalized spacial score (nSPS) is 11.0. The van der Waals surface area contributed by atoms with E-state index in [1.54, 1.807) is 48.5 Å². The lowest BCUT2D eigenvalue weighted by molar-refractivity contribution is 0.102. The summed E-state index contributed by atoms with van der Waals surface area (Å²) in [7, 11) is -1.87. The Kier molecular flexibility index (Phi) is 4.73. The van der Waals surface area contributed by atoms with Crippen LogP contribution in [0.3, 0.4) is 0 Å². The van der Waals surface area contributed by atoms with Crippen LogP contribution in [0.1, 0.15) is 10.4 Å². The molecule has 2 rings (SSSR count). The molecule has 5 nitrogen and oxygen atoms in total. The van der Waals surface area contributed by atoms with Crippen LogP contribution >= 0.6 is 11.6 Å². The van der Waals surface area contributed by atoms with Crippen LogP contribution in [-0.4, -0.2) is 27.6 Å². The second-order valence-electron chi connectivity index (χ2n) is 4.74. The van der Waals surface area contributed by atoms with Gasteiger partial charge in [-0.3, -0.25) is 9.10 Å². The number of anilines is 2. The van der Waals surface area contributed by atoms with Crippen LogP contribution in [0.25, 0.3) is 0 Å². The number of hydrogen-bond donors (Lipinski definition) is 1. The molecule has 0 heterocycles. The van der Waals surface area contributed by atoms with Gasteiger partial charge >= 0.3 is 0 Å². The van der Waals surface area contributed by atoms with Gasteiger partial charge in [0.25, 0.3) is 5.91 Å². The minimum atomic E-state index is -3.32. The average Bonchev–Trinajstić information content (AvgIpc) is 2.45. The standard InChI is InChI=1S/C15H15ClN2O3S/c1-18(22(2,20)21)14-8-6-11(7-9-14)15(19)17-13-5-3-4-12(16)10-13/h3-10H,1-2H3,(H,17,19). The largest absolute Gasteiger partial charge is 0.322 e. The monoisotopic (exact) mass is 338 g/mol. The van der Waals surface area contributed by atoms with Gasteiger partial charge in [-0.1, -0.05) is 17.7 Å². The Morgan fingerprint density at radius 1 is 1.14 bits per heavy atom. The summed E-state index contributed by atoms with van der Waals surface area (Å²) in [5.74, 6) is -0.296. The molecule has 0 aliphatic carbocycles. The van der Waals surface area contributed by atoms with Crippen LogP contribution in [0.15, 0.2) is 48.5 Å². The van der Waals surface area contributed by atoms with E-state index in [9.17, 15) is 13.2 Å². The van der Waals surface area contributed by atoms with Gasteiger partial charge in [0.1, 0.15) is 0 Å². The number of nitrogens with zero attached hydrogens (tertiary/aromatic N) is 1. The second kappa shape index (κ2) is 6.37. The molecule has 0 aromatic heterocycles. The van der Waals surface area contributed by atoms with Crippen molar-refractivity contribution in [2.24, 2.45) is 0 Å². The van der Waals surface area contributed by atoms with Gasteiger partial charge in [-0.2, -0.15) is 0 Å². The summed E-state index contributed by atoms with van der Waals surface area (Å²) in [6.07, 6.45) is 1.12. The molecule has 0 bridgehead atoms. The number of amides is 1. The van der Waals surface area contributed by atoms with E-state index in [1.807, 2.05) is 0 Å². The maximum absolute atomic E-state index is 12.1. The van der Waals surface area contributed by atoms with E-state index in [2.05, 4.69) is 5.32 Å². The summed E-state index contributed by atoms with van der Waals surface area (Å²) in [6, 6.07) is 13.1. The molecule has 22 heavy (non-hydrogen) atoms. The van der Waals surface area contributed by atoms with Crippen molar-refractivity contribution in [3.8, 4) is 0 Å². The molecule has 2 aromatic rings.